The second-order valence-corrected chi connectivity index (χ2v) is 4.52. The van der Waals surface area contributed by atoms with Gasteiger partial charge in [-0.1, -0.05) is 33.1 Å². The van der Waals surface area contributed by atoms with Gasteiger partial charge in [-0.05, 0) is 12.8 Å². The number of rotatable bonds is 7. The van der Waals surface area contributed by atoms with Crippen LogP contribution in [-0.4, -0.2) is 30.2 Å². The highest BCUT2D eigenvalue weighted by molar-refractivity contribution is 5.92. The number of epoxide rings is 2. The minimum Gasteiger partial charge on any atom is -0.361 e. The van der Waals surface area contributed by atoms with Gasteiger partial charge in [0.15, 0.2) is 5.78 Å². The minimum atomic E-state index is -0.137. The maximum Gasteiger partial charge on any atom is 0.195 e. The van der Waals surface area contributed by atoms with Crippen LogP contribution in [0, 0.1) is 0 Å². The Kier molecular flexibility index (Phi) is 3.42. The van der Waals surface area contributed by atoms with E-state index in [4.69, 9.17) is 9.47 Å². The molecule has 0 amide bonds. The summed E-state index contributed by atoms with van der Waals surface area (Å²) in [5.41, 5.74) is 0. The van der Waals surface area contributed by atoms with Crippen molar-refractivity contribution in [1.82, 2.24) is 0 Å². The van der Waals surface area contributed by atoms with Gasteiger partial charge in [0.1, 0.15) is 12.2 Å². The molecule has 2 fully saturated rings. The molecule has 0 radical (unpaired) electrons. The van der Waals surface area contributed by atoms with Gasteiger partial charge >= 0.3 is 0 Å². The van der Waals surface area contributed by atoms with Crippen molar-refractivity contribution in [2.45, 2.75) is 70.4 Å². The first-order valence-corrected chi connectivity index (χ1v) is 6.12. The zero-order chi connectivity index (χ0) is 10.8. The normalized spacial score (nSPS) is 37.7. The van der Waals surface area contributed by atoms with E-state index in [1.54, 1.807) is 0 Å². The van der Waals surface area contributed by atoms with E-state index in [0.29, 0.717) is 0 Å². The van der Waals surface area contributed by atoms with Crippen LogP contribution in [0.4, 0.5) is 0 Å². The van der Waals surface area contributed by atoms with Crippen molar-refractivity contribution in [2.75, 3.05) is 0 Å². The van der Waals surface area contributed by atoms with E-state index >= 15 is 0 Å². The van der Waals surface area contributed by atoms with Gasteiger partial charge in [0.25, 0.3) is 0 Å². The third kappa shape index (κ3) is 2.58. The predicted octanol–water partition coefficient (Wildman–Crippen LogP) is 2.08. The Hall–Kier alpha value is -0.410. The summed E-state index contributed by atoms with van der Waals surface area (Å²) in [6.07, 6.45) is 5.55. The molecule has 2 heterocycles. The van der Waals surface area contributed by atoms with Crippen molar-refractivity contribution in [1.29, 1.82) is 0 Å². The highest BCUT2D eigenvalue weighted by Crippen LogP contribution is 2.36. The fraction of sp³-hybridized carbons (Fsp3) is 0.917. The van der Waals surface area contributed by atoms with Crippen LogP contribution >= 0.6 is 0 Å². The fourth-order valence-corrected chi connectivity index (χ4v) is 2.08. The summed E-state index contributed by atoms with van der Waals surface area (Å²) in [5, 5.41) is 0. The van der Waals surface area contributed by atoms with E-state index in [2.05, 4.69) is 13.8 Å². The van der Waals surface area contributed by atoms with Gasteiger partial charge in [-0.3, -0.25) is 4.79 Å². The number of carbonyl (C=O) groups is 1. The molecule has 4 atom stereocenters. The van der Waals surface area contributed by atoms with Crippen LogP contribution in [0.5, 0.6) is 0 Å². The smallest absolute Gasteiger partial charge is 0.195 e. The highest BCUT2D eigenvalue weighted by Gasteiger charge is 2.54. The van der Waals surface area contributed by atoms with Gasteiger partial charge < -0.3 is 9.47 Å². The average molecular weight is 212 g/mol. The zero-order valence-corrected chi connectivity index (χ0v) is 9.57. The molecule has 15 heavy (non-hydrogen) atoms. The minimum absolute atomic E-state index is 0.136. The van der Waals surface area contributed by atoms with Gasteiger partial charge in [0, 0.05) is 0 Å². The lowest BCUT2D eigenvalue weighted by atomic mass is 10.1. The molecular weight excluding hydrogens is 192 g/mol. The lowest BCUT2D eigenvalue weighted by Crippen LogP contribution is -2.18. The van der Waals surface area contributed by atoms with E-state index in [9.17, 15) is 4.79 Å². The maximum absolute atomic E-state index is 11.8. The molecule has 0 N–H and O–H groups in total. The summed E-state index contributed by atoms with van der Waals surface area (Å²) >= 11 is 0. The number of carbonyl (C=O) groups excluding carboxylic acids is 1. The second kappa shape index (κ2) is 4.62. The SMILES string of the molecule is CCCC[C@H]1O[C@@H]1C(=O)[C@@H]1O[C@H]1CCC. The first kappa shape index (κ1) is 11.1. The molecule has 3 nitrogen and oxygen atoms in total. The van der Waals surface area contributed by atoms with Crippen molar-refractivity contribution < 1.29 is 14.3 Å². The summed E-state index contributed by atoms with van der Waals surface area (Å²) in [6, 6.07) is 0. The van der Waals surface area contributed by atoms with Crippen LogP contribution in [0.15, 0.2) is 0 Å². The van der Waals surface area contributed by atoms with Crippen LogP contribution in [0.25, 0.3) is 0 Å². The fourth-order valence-electron chi connectivity index (χ4n) is 2.08. The number of Topliss-reactive ketones (excluding diaryl/α,β-unsaturated/α-hetero) is 1. The quantitative estimate of drug-likeness (QED) is 0.607. The third-order valence-corrected chi connectivity index (χ3v) is 3.14. The van der Waals surface area contributed by atoms with Crippen molar-refractivity contribution in [2.24, 2.45) is 0 Å². The molecular formula is C12H20O3. The van der Waals surface area contributed by atoms with E-state index < -0.39 is 0 Å². The Morgan fingerprint density at radius 2 is 1.60 bits per heavy atom. The van der Waals surface area contributed by atoms with Crippen LogP contribution in [0.2, 0.25) is 0 Å². The van der Waals surface area contributed by atoms with Crippen LogP contribution in [-0.2, 0) is 14.3 Å². The van der Waals surface area contributed by atoms with Crippen molar-refractivity contribution in [3.05, 3.63) is 0 Å². The van der Waals surface area contributed by atoms with Crippen LogP contribution < -0.4 is 0 Å². The van der Waals surface area contributed by atoms with Crippen LogP contribution in [0.3, 0.4) is 0 Å². The molecule has 2 rings (SSSR count). The Balaban J connectivity index is 1.67. The molecule has 3 heteroatoms. The molecule has 0 unspecified atom stereocenters. The molecule has 2 aliphatic heterocycles. The molecule has 0 aliphatic carbocycles. The zero-order valence-electron chi connectivity index (χ0n) is 9.57. The number of ketones is 1. The van der Waals surface area contributed by atoms with Gasteiger partial charge in [-0.25, -0.2) is 0 Å². The van der Waals surface area contributed by atoms with E-state index in [0.717, 1.165) is 25.7 Å². The Bertz CT molecular complexity index is 239. The van der Waals surface area contributed by atoms with Gasteiger partial charge in [-0.15, -0.1) is 0 Å². The van der Waals surface area contributed by atoms with E-state index in [1.165, 1.54) is 6.42 Å². The summed E-state index contributed by atoms with van der Waals surface area (Å²) in [7, 11) is 0. The number of unbranched alkanes of at least 4 members (excludes halogenated alkanes) is 1. The van der Waals surface area contributed by atoms with Gasteiger partial charge in [-0.2, -0.15) is 0 Å². The van der Waals surface area contributed by atoms with Crippen molar-refractivity contribution >= 4 is 5.78 Å². The maximum atomic E-state index is 11.8. The molecule has 0 spiro atoms. The first-order chi connectivity index (χ1) is 7.27. The lowest BCUT2D eigenvalue weighted by Gasteiger charge is -1.92. The Morgan fingerprint density at radius 1 is 1.00 bits per heavy atom. The summed E-state index contributed by atoms with van der Waals surface area (Å²) in [4.78, 5) is 11.8. The number of hydrogen-bond donors (Lipinski definition) is 0. The standard InChI is InChI=1S/C12H20O3/c1-3-5-7-9-12(15-9)10(13)11-8(14-11)6-4-2/h8-9,11-12H,3-7H2,1-2H3/t8-,9+,11+,12-/m0/s1. The molecule has 0 aromatic heterocycles. The number of hydrogen-bond acceptors (Lipinski definition) is 3. The molecule has 0 bridgehead atoms. The molecule has 0 saturated carbocycles. The summed E-state index contributed by atoms with van der Waals surface area (Å²) in [6.45, 7) is 4.27. The topological polar surface area (TPSA) is 42.1 Å². The van der Waals surface area contributed by atoms with Crippen molar-refractivity contribution in [3.8, 4) is 0 Å². The third-order valence-electron chi connectivity index (χ3n) is 3.14. The molecule has 86 valence electrons. The lowest BCUT2D eigenvalue weighted by molar-refractivity contribution is -0.121. The molecule has 2 aliphatic rings. The Labute approximate surface area is 91.1 Å². The van der Waals surface area contributed by atoms with Crippen molar-refractivity contribution in [3.63, 3.8) is 0 Å². The van der Waals surface area contributed by atoms with Crippen LogP contribution in [0.1, 0.15) is 46.0 Å². The Morgan fingerprint density at radius 3 is 2.13 bits per heavy atom. The predicted molar refractivity (Wildman–Crippen MR) is 56.8 cm³/mol. The van der Waals surface area contributed by atoms with E-state index in [1.807, 2.05) is 0 Å². The monoisotopic (exact) mass is 212 g/mol. The number of ether oxygens (including phenoxy) is 2. The molecule has 0 aromatic carbocycles. The summed E-state index contributed by atoms with van der Waals surface area (Å²) < 4.78 is 10.7. The molecule has 2 saturated heterocycles. The summed E-state index contributed by atoms with van der Waals surface area (Å²) in [5.74, 6) is 0.189. The largest absolute Gasteiger partial charge is 0.361 e. The second-order valence-electron chi connectivity index (χ2n) is 4.52. The first-order valence-electron chi connectivity index (χ1n) is 6.12. The van der Waals surface area contributed by atoms with E-state index in [-0.39, 0.29) is 30.2 Å². The molecule has 0 aromatic rings. The highest BCUT2D eigenvalue weighted by atomic mass is 16.6. The average Bonchev–Trinajstić information content (AvgIpc) is 3.09. The van der Waals surface area contributed by atoms with Gasteiger partial charge in [0.2, 0.25) is 0 Å². The van der Waals surface area contributed by atoms with Gasteiger partial charge in [0.05, 0.1) is 12.2 Å².